The van der Waals surface area contributed by atoms with Crippen LogP contribution in [0.25, 0.3) is 0 Å². The quantitative estimate of drug-likeness (QED) is 0.793. The Balaban J connectivity index is 1.80. The Labute approximate surface area is 148 Å². The smallest absolute Gasteiger partial charge is 0.220 e. The lowest BCUT2D eigenvalue weighted by Crippen LogP contribution is -2.31. The number of nitrogens with one attached hydrogen (secondary N) is 1. The van der Waals surface area contributed by atoms with E-state index in [4.69, 9.17) is 4.74 Å². The first-order valence-corrected chi connectivity index (χ1v) is 8.38. The van der Waals surface area contributed by atoms with Crippen LogP contribution in [0.2, 0.25) is 0 Å². The first kappa shape index (κ1) is 18.8. The molecule has 0 saturated heterocycles. The van der Waals surface area contributed by atoms with E-state index >= 15 is 0 Å². The van der Waals surface area contributed by atoms with Gasteiger partial charge in [0.25, 0.3) is 0 Å². The minimum Gasteiger partial charge on any atom is -0.496 e. The van der Waals surface area contributed by atoms with Crippen molar-refractivity contribution < 1.29 is 13.9 Å². The Morgan fingerprint density at radius 2 is 1.88 bits per heavy atom. The predicted octanol–water partition coefficient (Wildman–Crippen LogP) is 3.76. The van der Waals surface area contributed by atoms with E-state index in [1.165, 1.54) is 12.1 Å². The normalized spacial score (nSPS) is 11.7. The van der Waals surface area contributed by atoms with Crippen molar-refractivity contribution in [1.29, 1.82) is 0 Å². The van der Waals surface area contributed by atoms with Crippen LogP contribution in [0.4, 0.5) is 10.1 Å². The number of methoxy groups -OCH3 is 1. The van der Waals surface area contributed by atoms with Gasteiger partial charge >= 0.3 is 0 Å². The molecule has 0 aliphatic heterocycles. The number of nitrogens with zero attached hydrogens (tertiary/aromatic N) is 1. The third-order valence-electron chi connectivity index (χ3n) is 4.35. The average Bonchev–Trinajstić information content (AvgIpc) is 2.64. The molecule has 0 aromatic heterocycles. The Kier molecular flexibility index (Phi) is 6.81. The van der Waals surface area contributed by atoms with E-state index in [2.05, 4.69) is 12.2 Å². The standard InChI is InChI=1S/C20H25FN2O2/c1-15(23(2)18-11-9-17(21)10-12-18)8-13-20(24)22-14-16-6-4-5-7-19(16)25-3/h4-7,9-12,15H,8,13-14H2,1-3H3,(H,22,24). The van der Waals surface area contributed by atoms with Crippen molar-refractivity contribution in [2.75, 3.05) is 19.1 Å². The Bertz CT molecular complexity index is 688. The van der Waals surface area contributed by atoms with E-state index in [0.29, 0.717) is 19.4 Å². The summed E-state index contributed by atoms with van der Waals surface area (Å²) in [7, 11) is 3.57. The lowest BCUT2D eigenvalue weighted by Gasteiger charge is -2.27. The number of halogens is 1. The van der Waals surface area contributed by atoms with Crippen molar-refractivity contribution in [3.63, 3.8) is 0 Å². The summed E-state index contributed by atoms with van der Waals surface area (Å²) in [5.74, 6) is 0.526. The summed E-state index contributed by atoms with van der Waals surface area (Å²) in [6, 6.07) is 14.2. The zero-order valence-corrected chi connectivity index (χ0v) is 15.0. The zero-order chi connectivity index (χ0) is 18.2. The molecule has 5 heteroatoms. The van der Waals surface area contributed by atoms with Crippen LogP contribution in [-0.4, -0.2) is 26.1 Å². The number of hydrogen-bond acceptors (Lipinski definition) is 3. The number of anilines is 1. The summed E-state index contributed by atoms with van der Waals surface area (Å²) < 4.78 is 18.3. The van der Waals surface area contributed by atoms with Crippen molar-refractivity contribution in [3.05, 3.63) is 59.9 Å². The number of rotatable bonds is 8. The number of benzene rings is 2. The molecule has 0 saturated carbocycles. The van der Waals surface area contributed by atoms with E-state index in [0.717, 1.165) is 17.0 Å². The number of hydrogen-bond donors (Lipinski definition) is 1. The summed E-state index contributed by atoms with van der Waals surface area (Å²) in [6.07, 6.45) is 1.15. The molecule has 0 aliphatic rings. The van der Waals surface area contributed by atoms with Crippen molar-refractivity contribution in [2.45, 2.75) is 32.4 Å². The van der Waals surface area contributed by atoms with Crippen LogP contribution in [0, 0.1) is 5.82 Å². The summed E-state index contributed by atoms with van der Waals surface area (Å²) >= 11 is 0. The van der Waals surface area contributed by atoms with Gasteiger partial charge in [-0.05, 0) is 43.7 Å². The predicted molar refractivity (Wildman–Crippen MR) is 98.3 cm³/mol. The van der Waals surface area contributed by atoms with Gasteiger partial charge in [-0.3, -0.25) is 4.79 Å². The van der Waals surface area contributed by atoms with Crippen LogP contribution in [0.5, 0.6) is 5.75 Å². The summed E-state index contributed by atoms with van der Waals surface area (Å²) in [5, 5.41) is 2.93. The van der Waals surface area contributed by atoms with E-state index in [1.54, 1.807) is 19.2 Å². The minimum atomic E-state index is -0.250. The number of carbonyl (C=O) groups is 1. The lowest BCUT2D eigenvalue weighted by molar-refractivity contribution is -0.121. The maximum absolute atomic E-state index is 13.0. The van der Waals surface area contributed by atoms with E-state index in [1.807, 2.05) is 36.2 Å². The molecule has 0 aliphatic carbocycles. The third-order valence-corrected chi connectivity index (χ3v) is 4.35. The maximum atomic E-state index is 13.0. The zero-order valence-electron chi connectivity index (χ0n) is 15.0. The van der Waals surface area contributed by atoms with E-state index in [-0.39, 0.29) is 17.8 Å². The largest absolute Gasteiger partial charge is 0.496 e. The van der Waals surface area contributed by atoms with Crippen molar-refractivity contribution in [1.82, 2.24) is 5.32 Å². The van der Waals surface area contributed by atoms with Gasteiger partial charge in [-0.2, -0.15) is 0 Å². The van der Waals surface area contributed by atoms with Gasteiger partial charge in [0.2, 0.25) is 5.91 Å². The summed E-state index contributed by atoms with van der Waals surface area (Å²) in [6.45, 7) is 2.50. The first-order valence-electron chi connectivity index (χ1n) is 8.38. The molecule has 0 radical (unpaired) electrons. The molecule has 4 nitrogen and oxygen atoms in total. The fourth-order valence-electron chi connectivity index (χ4n) is 2.60. The molecule has 25 heavy (non-hydrogen) atoms. The summed E-state index contributed by atoms with van der Waals surface area (Å²) in [4.78, 5) is 14.2. The number of amides is 1. The van der Waals surface area contributed by atoms with Crippen molar-refractivity contribution in [3.8, 4) is 5.75 Å². The van der Waals surface area contributed by atoms with E-state index in [9.17, 15) is 9.18 Å². The molecule has 0 bridgehead atoms. The average molecular weight is 344 g/mol. The van der Waals surface area contributed by atoms with Crippen LogP contribution < -0.4 is 15.0 Å². The first-order chi connectivity index (χ1) is 12.0. The van der Waals surface area contributed by atoms with E-state index < -0.39 is 0 Å². The molecule has 2 aromatic carbocycles. The third kappa shape index (κ3) is 5.48. The van der Waals surface area contributed by atoms with Gasteiger partial charge in [0.1, 0.15) is 11.6 Å². The molecule has 0 spiro atoms. The monoisotopic (exact) mass is 344 g/mol. The summed E-state index contributed by atoms with van der Waals surface area (Å²) in [5.41, 5.74) is 1.89. The number of carbonyl (C=O) groups excluding carboxylic acids is 1. The van der Waals surface area contributed by atoms with Crippen LogP contribution in [-0.2, 0) is 11.3 Å². The molecular formula is C20H25FN2O2. The molecule has 2 aromatic rings. The highest BCUT2D eigenvalue weighted by Crippen LogP contribution is 2.19. The molecule has 0 fully saturated rings. The van der Waals surface area contributed by atoms with Gasteiger partial charge in [0, 0.05) is 37.3 Å². The van der Waals surface area contributed by atoms with Gasteiger partial charge in [-0.1, -0.05) is 18.2 Å². The van der Waals surface area contributed by atoms with Gasteiger partial charge < -0.3 is 15.0 Å². The minimum absolute atomic E-state index is 0.00487. The fraction of sp³-hybridized carbons (Fsp3) is 0.350. The van der Waals surface area contributed by atoms with Crippen LogP contribution in [0.15, 0.2) is 48.5 Å². The Morgan fingerprint density at radius 3 is 2.56 bits per heavy atom. The van der Waals surface area contributed by atoms with Crippen LogP contribution in [0.1, 0.15) is 25.3 Å². The molecular weight excluding hydrogens is 319 g/mol. The Hall–Kier alpha value is -2.56. The topological polar surface area (TPSA) is 41.6 Å². The van der Waals surface area contributed by atoms with Crippen LogP contribution in [0.3, 0.4) is 0 Å². The second-order valence-corrected chi connectivity index (χ2v) is 6.06. The SMILES string of the molecule is COc1ccccc1CNC(=O)CCC(C)N(C)c1ccc(F)cc1. The number of ether oxygens (including phenoxy) is 1. The fourth-order valence-corrected chi connectivity index (χ4v) is 2.60. The second-order valence-electron chi connectivity index (χ2n) is 6.06. The molecule has 1 unspecified atom stereocenters. The highest BCUT2D eigenvalue weighted by atomic mass is 19.1. The highest BCUT2D eigenvalue weighted by molar-refractivity contribution is 5.76. The Morgan fingerprint density at radius 1 is 1.20 bits per heavy atom. The second kappa shape index (κ2) is 9.06. The van der Waals surface area contributed by atoms with Crippen LogP contribution >= 0.6 is 0 Å². The van der Waals surface area contributed by atoms with Crippen molar-refractivity contribution in [2.24, 2.45) is 0 Å². The van der Waals surface area contributed by atoms with Gasteiger partial charge in [0.15, 0.2) is 0 Å². The molecule has 1 amide bonds. The van der Waals surface area contributed by atoms with Crippen molar-refractivity contribution >= 4 is 11.6 Å². The molecule has 134 valence electrons. The van der Waals surface area contributed by atoms with Gasteiger partial charge in [-0.15, -0.1) is 0 Å². The molecule has 2 rings (SSSR count). The molecule has 1 atom stereocenters. The van der Waals surface area contributed by atoms with Gasteiger partial charge in [-0.25, -0.2) is 4.39 Å². The molecule has 1 N–H and O–H groups in total. The van der Waals surface area contributed by atoms with Gasteiger partial charge in [0.05, 0.1) is 7.11 Å². The highest BCUT2D eigenvalue weighted by Gasteiger charge is 2.13. The lowest BCUT2D eigenvalue weighted by atomic mass is 10.1. The number of para-hydroxylation sites is 1. The maximum Gasteiger partial charge on any atom is 0.220 e. The molecule has 0 heterocycles.